The Hall–Kier alpha value is -2.45. The predicted molar refractivity (Wildman–Crippen MR) is 233 cm³/mol. The van der Waals surface area contributed by atoms with Crippen LogP contribution in [0.15, 0.2) is 0 Å². The topological polar surface area (TPSA) is 133 Å². The minimum Gasteiger partial charge on any atom is -0.356 e. The molecule has 4 amide bonds. The van der Waals surface area contributed by atoms with Crippen LogP contribution in [-0.2, 0) is 24.0 Å². The standard InChI is InChI=1S/2C8H15NO.C7H13NO.C7H12O.C6H11NO.4C2H6.CH4/c2*1-6(2)7-4-3-5-9-8(7)10;1-5(2)6-3-4-8-7(6)9;1-5(2)6-3-4-7(6)8;1-4(2)5-3-7-6(5)8;4*1-2;/h2*6-7H,3-5H2,1-2H3,(H,9,10);5-6H,3-4H2,1-2H3,(H,8,9);5-6H,3-4H2,1-2H3;4-5H,3H2,1-2H3,(H,7,8);4*1-2H3;1H4. The summed E-state index contributed by atoms with van der Waals surface area (Å²) in [6.07, 6.45) is 7.44. The van der Waals surface area contributed by atoms with Gasteiger partial charge in [-0.05, 0) is 68.1 Å². The molecule has 324 valence electrons. The maximum absolute atomic E-state index is 11.1. The van der Waals surface area contributed by atoms with E-state index in [1.54, 1.807) is 0 Å². The van der Waals surface area contributed by atoms with E-state index < -0.39 is 0 Å². The summed E-state index contributed by atoms with van der Waals surface area (Å²) in [4.78, 5) is 54.4. The van der Waals surface area contributed by atoms with Gasteiger partial charge in [0.05, 0.1) is 5.92 Å². The third-order valence-electron chi connectivity index (χ3n) is 9.72. The molecule has 5 rings (SSSR count). The molecule has 4 heterocycles. The Bertz CT molecular complexity index is 888. The van der Waals surface area contributed by atoms with Crippen LogP contribution in [0.4, 0.5) is 0 Å². The van der Waals surface area contributed by atoms with Gasteiger partial charge in [-0.1, -0.05) is 132 Å². The highest BCUT2D eigenvalue weighted by molar-refractivity contribution is 5.86. The maximum atomic E-state index is 11.1. The molecule has 9 nitrogen and oxygen atoms in total. The number of piperidine rings is 2. The van der Waals surface area contributed by atoms with Crippen molar-refractivity contribution in [1.29, 1.82) is 0 Å². The number of Topliss-reactive ketones (excluding diaryl/α,β-unsaturated/α-hetero) is 1. The first kappa shape index (κ1) is 60.8. The van der Waals surface area contributed by atoms with E-state index in [4.69, 9.17) is 0 Å². The van der Waals surface area contributed by atoms with E-state index in [1.165, 1.54) is 0 Å². The van der Waals surface area contributed by atoms with Crippen LogP contribution in [0.2, 0.25) is 0 Å². The molecule has 9 heteroatoms. The van der Waals surface area contributed by atoms with E-state index in [-0.39, 0.29) is 48.8 Å². The van der Waals surface area contributed by atoms with E-state index >= 15 is 0 Å². The van der Waals surface area contributed by atoms with E-state index in [0.29, 0.717) is 47.2 Å². The minimum atomic E-state index is 0. The van der Waals surface area contributed by atoms with Crippen molar-refractivity contribution in [1.82, 2.24) is 21.3 Å². The highest BCUT2D eigenvalue weighted by atomic mass is 16.2. The zero-order valence-electron chi connectivity index (χ0n) is 38.1. The molecular formula is C45H94N4O5. The molecule has 4 saturated heterocycles. The Labute approximate surface area is 336 Å². The van der Waals surface area contributed by atoms with Gasteiger partial charge in [-0.25, -0.2) is 0 Å². The lowest BCUT2D eigenvalue weighted by atomic mass is 9.76. The van der Waals surface area contributed by atoms with Crippen LogP contribution in [0, 0.1) is 59.2 Å². The Morgan fingerprint density at radius 2 is 0.685 bits per heavy atom. The van der Waals surface area contributed by atoms with Crippen molar-refractivity contribution >= 4 is 29.4 Å². The van der Waals surface area contributed by atoms with Crippen molar-refractivity contribution in [2.75, 3.05) is 26.2 Å². The molecule has 0 radical (unpaired) electrons. The van der Waals surface area contributed by atoms with Crippen molar-refractivity contribution in [3.63, 3.8) is 0 Å². The zero-order chi connectivity index (χ0) is 42.3. The Morgan fingerprint density at radius 1 is 0.389 bits per heavy atom. The van der Waals surface area contributed by atoms with Crippen LogP contribution in [-0.4, -0.2) is 55.6 Å². The number of β-lactam (4-membered cyclic amide) rings is 1. The van der Waals surface area contributed by atoms with Crippen molar-refractivity contribution < 1.29 is 24.0 Å². The normalized spacial score (nSPS) is 23.1. The third-order valence-corrected chi connectivity index (χ3v) is 9.72. The number of nitrogens with one attached hydrogen (secondary N) is 4. The van der Waals surface area contributed by atoms with Gasteiger partial charge in [0.1, 0.15) is 5.78 Å². The second-order valence-corrected chi connectivity index (χ2v) is 14.9. The summed E-state index contributed by atoms with van der Waals surface area (Å²) in [7, 11) is 0. The number of amides is 4. The van der Waals surface area contributed by atoms with Crippen molar-refractivity contribution in [2.24, 2.45) is 59.2 Å². The van der Waals surface area contributed by atoms with Gasteiger partial charge in [-0.3, -0.25) is 24.0 Å². The number of rotatable bonds is 5. The van der Waals surface area contributed by atoms with Crippen molar-refractivity contribution in [2.45, 2.75) is 177 Å². The smallest absolute Gasteiger partial charge is 0.225 e. The number of hydrogen-bond donors (Lipinski definition) is 4. The molecule has 0 bridgehead atoms. The molecule has 0 spiro atoms. The summed E-state index contributed by atoms with van der Waals surface area (Å²) < 4.78 is 0. The maximum Gasteiger partial charge on any atom is 0.225 e. The molecule has 4 aliphatic heterocycles. The molecule has 54 heavy (non-hydrogen) atoms. The lowest BCUT2D eigenvalue weighted by molar-refractivity contribution is -0.133. The molecule has 0 aromatic rings. The summed E-state index contributed by atoms with van der Waals surface area (Å²) in [6.45, 7) is 40.5. The number of carbonyl (C=O) groups is 5. The minimum absolute atomic E-state index is 0. The van der Waals surface area contributed by atoms with Gasteiger partial charge in [0, 0.05) is 56.3 Å². The highest BCUT2D eigenvalue weighted by Gasteiger charge is 2.31. The van der Waals surface area contributed by atoms with E-state index in [1.807, 2.05) is 55.4 Å². The van der Waals surface area contributed by atoms with Crippen LogP contribution in [0.5, 0.6) is 0 Å². The molecular weight excluding hydrogens is 677 g/mol. The summed E-state index contributed by atoms with van der Waals surface area (Å²) >= 11 is 0. The summed E-state index contributed by atoms with van der Waals surface area (Å²) in [6, 6.07) is 0. The first-order valence-electron chi connectivity index (χ1n) is 21.7. The van der Waals surface area contributed by atoms with Crippen LogP contribution < -0.4 is 21.3 Å². The van der Waals surface area contributed by atoms with Crippen LogP contribution in [0.1, 0.15) is 177 Å². The summed E-state index contributed by atoms with van der Waals surface area (Å²) in [5.74, 6) is 5.58. The summed E-state index contributed by atoms with van der Waals surface area (Å²) in [5, 5.41) is 11.3. The van der Waals surface area contributed by atoms with Crippen LogP contribution >= 0.6 is 0 Å². The second-order valence-electron chi connectivity index (χ2n) is 14.9. The highest BCUT2D eigenvalue weighted by Crippen LogP contribution is 2.29. The monoisotopic (exact) mass is 771 g/mol. The van der Waals surface area contributed by atoms with E-state index in [9.17, 15) is 24.0 Å². The lowest BCUT2D eigenvalue weighted by Crippen LogP contribution is -2.50. The SMILES string of the molecule is C.CC.CC.CC.CC.CC(C)C1CCC1=O.CC(C)C1CCCNC1=O.CC(C)C1CCCNC1=O.CC(C)C1CCNC1=O.CC(C)C1CNC1=O. The van der Waals surface area contributed by atoms with Gasteiger partial charge in [0.15, 0.2) is 0 Å². The molecule has 4 N–H and O–H groups in total. The van der Waals surface area contributed by atoms with Crippen LogP contribution in [0.25, 0.3) is 0 Å². The number of carbonyl (C=O) groups excluding carboxylic acids is 5. The molecule has 1 aliphatic carbocycles. The molecule has 0 aromatic heterocycles. The fraction of sp³-hybridized carbons (Fsp3) is 0.889. The number of ketones is 1. The molecule has 5 fully saturated rings. The Morgan fingerprint density at radius 3 is 0.778 bits per heavy atom. The van der Waals surface area contributed by atoms with Crippen molar-refractivity contribution in [3.05, 3.63) is 0 Å². The van der Waals surface area contributed by atoms with Gasteiger partial charge in [-0.15, -0.1) is 0 Å². The van der Waals surface area contributed by atoms with Gasteiger partial charge in [0.25, 0.3) is 0 Å². The summed E-state index contributed by atoms with van der Waals surface area (Å²) in [5.41, 5.74) is 0. The van der Waals surface area contributed by atoms with E-state index in [2.05, 4.69) is 90.5 Å². The van der Waals surface area contributed by atoms with Gasteiger partial charge < -0.3 is 21.3 Å². The zero-order valence-corrected chi connectivity index (χ0v) is 38.1. The third kappa shape index (κ3) is 25.6. The molecule has 5 unspecified atom stereocenters. The van der Waals surface area contributed by atoms with Gasteiger partial charge in [-0.2, -0.15) is 0 Å². The average molecular weight is 771 g/mol. The largest absolute Gasteiger partial charge is 0.356 e. The Balaban J connectivity index is -0.000000176. The lowest BCUT2D eigenvalue weighted by Gasteiger charge is -2.28. The number of hydrogen-bond acceptors (Lipinski definition) is 5. The van der Waals surface area contributed by atoms with Crippen LogP contribution in [0.3, 0.4) is 0 Å². The first-order chi connectivity index (χ1) is 25.1. The van der Waals surface area contributed by atoms with Crippen molar-refractivity contribution in [3.8, 4) is 0 Å². The molecule has 0 aromatic carbocycles. The second kappa shape index (κ2) is 37.5. The van der Waals surface area contributed by atoms with Gasteiger partial charge in [0.2, 0.25) is 23.6 Å². The Kier molecular flexibility index (Phi) is 42.2. The molecule has 5 aliphatic rings. The predicted octanol–water partition coefficient (Wildman–Crippen LogP) is 9.87. The average Bonchev–Trinajstić information content (AvgIpc) is 3.57. The fourth-order valence-corrected chi connectivity index (χ4v) is 6.09. The first-order valence-corrected chi connectivity index (χ1v) is 21.7. The quantitative estimate of drug-likeness (QED) is 0.207. The molecule has 1 saturated carbocycles. The van der Waals surface area contributed by atoms with E-state index in [0.717, 1.165) is 71.1 Å². The fourth-order valence-electron chi connectivity index (χ4n) is 6.09. The molecule has 5 atom stereocenters. The van der Waals surface area contributed by atoms with Gasteiger partial charge >= 0.3 is 0 Å².